The van der Waals surface area contributed by atoms with E-state index in [1.54, 1.807) is 0 Å². The lowest BCUT2D eigenvalue weighted by atomic mass is 10.1. The summed E-state index contributed by atoms with van der Waals surface area (Å²) in [7, 11) is 0. The number of hydrogen-bond acceptors (Lipinski definition) is 3. The zero-order chi connectivity index (χ0) is 18.2. The molecule has 3 rings (SSSR count). The van der Waals surface area contributed by atoms with Crippen LogP contribution in [0.1, 0.15) is 12.5 Å². The predicted octanol–water partition coefficient (Wildman–Crippen LogP) is 2.71. The Hall–Kier alpha value is -2.34. The van der Waals surface area contributed by atoms with Crippen molar-refractivity contribution in [2.24, 2.45) is 4.99 Å². The molecule has 140 valence electrons. The largest absolute Gasteiger partial charge is 0.486 e. The molecule has 0 atom stereocenters. The second-order valence-corrected chi connectivity index (χ2v) is 6.37. The molecule has 2 heterocycles. The van der Waals surface area contributed by atoms with Gasteiger partial charge in [-0.3, -0.25) is 4.99 Å². The maximum absolute atomic E-state index is 6.29. The summed E-state index contributed by atoms with van der Waals surface area (Å²) in [6.07, 6.45) is 4.89. The molecule has 0 fully saturated rings. The zero-order valence-corrected chi connectivity index (χ0v) is 15.8. The summed E-state index contributed by atoms with van der Waals surface area (Å²) in [5.41, 5.74) is 1.09. The molecule has 7 heteroatoms. The van der Waals surface area contributed by atoms with E-state index in [9.17, 15) is 0 Å². The van der Waals surface area contributed by atoms with Crippen LogP contribution in [0.4, 0.5) is 0 Å². The Morgan fingerprint density at radius 2 is 2.00 bits per heavy atom. The van der Waals surface area contributed by atoms with Gasteiger partial charge < -0.3 is 24.7 Å². The van der Waals surface area contributed by atoms with Gasteiger partial charge in [-0.05, 0) is 43.2 Å². The topological polar surface area (TPSA) is 59.8 Å². The number of aliphatic imine (C=N–C) groups is 1. The second-order valence-electron chi connectivity index (χ2n) is 5.96. The molecule has 1 aliphatic rings. The molecule has 0 saturated carbocycles. The average Bonchev–Trinajstić information content (AvgIpc) is 3.15. The van der Waals surface area contributed by atoms with E-state index in [2.05, 4.69) is 39.5 Å². The van der Waals surface area contributed by atoms with Gasteiger partial charge in [-0.1, -0.05) is 11.6 Å². The standard InChI is InChI=1S/C19H25ClN4O2/c1-2-21-19(23-7-10-24-8-3-4-9-24)22-6-5-15-13-16(20)18-17(14-15)25-11-12-26-18/h3-4,8-9,13-14H,2,5-7,10-12H2,1H3,(H2,21,22,23). The summed E-state index contributed by atoms with van der Waals surface area (Å²) in [5, 5.41) is 7.22. The highest BCUT2D eigenvalue weighted by molar-refractivity contribution is 6.32. The number of halogens is 1. The molecule has 6 nitrogen and oxygen atoms in total. The molecule has 26 heavy (non-hydrogen) atoms. The monoisotopic (exact) mass is 376 g/mol. The van der Waals surface area contributed by atoms with Gasteiger partial charge >= 0.3 is 0 Å². The lowest BCUT2D eigenvalue weighted by Crippen LogP contribution is -2.39. The maximum Gasteiger partial charge on any atom is 0.191 e. The quantitative estimate of drug-likeness (QED) is 0.576. The van der Waals surface area contributed by atoms with Crippen LogP contribution in [-0.4, -0.2) is 43.4 Å². The molecule has 1 aromatic heterocycles. The van der Waals surface area contributed by atoms with Crippen LogP contribution < -0.4 is 20.1 Å². The molecule has 0 radical (unpaired) electrons. The summed E-state index contributed by atoms with van der Waals surface area (Å²) in [4.78, 5) is 4.64. The average molecular weight is 377 g/mol. The zero-order valence-electron chi connectivity index (χ0n) is 15.0. The van der Waals surface area contributed by atoms with Crippen LogP contribution in [-0.2, 0) is 13.0 Å². The summed E-state index contributed by atoms with van der Waals surface area (Å²) < 4.78 is 13.3. The highest BCUT2D eigenvalue weighted by atomic mass is 35.5. The van der Waals surface area contributed by atoms with Gasteiger partial charge in [0.25, 0.3) is 0 Å². The van der Waals surface area contributed by atoms with Gasteiger partial charge in [-0.2, -0.15) is 0 Å². The van der Waals surface area contributed by atoms with Crippen LogP contribution in [0.15, 0.2) is 41.7 Å². The van der Waals surface area contributed by atoms with Crippen molar-refractivity contribution in [1.29, 1.82) is 0 Å². The number of guanidine groups is 1. The van der Waals surface area contributed by atoms with E-state index in [1.807, 2.05) is 24.3 Å². The van der Waals surface area contributed by atoms with Gasteiger partial charge in [0.1, 0.15) is 13.2 Å². The molecule has 0 amide bonds. The minimum atomic E-state index is 0.539. The van der Waals surface area contributed by atoms with Crippen molar-refractivity contribution in [2.75, 3.05) is 32.8 Å². The van der Waals surface area contributed by atoms with E-state index in [-0.39, 0.29) is 0 Å². The molecule has 2 N–H and O–H groups in total. The number of fused-ring (bicyclic) bond motifs is 1. The van der Waals surface area contributed by atoms with Gasteiger partial charge in [-0.15, -0.1) is 0 Å². The Labute approximate surface area is 159 Å². The van der Waals surface area contributed by atoms with Crippen LogP contribution in [0.2, 0.25) is 5.02 Å². The Morgan fingerprint density at radius 1 is 1.19 bits per heavy atom. The first-order valence-electron chi connectivity index (χ1n) is 8.97. The number of hydrogen-bond donors (Lipinski definition) is 2. The highest BCUT2D eigenvalue weighted by Crippen LogP contribution is 2.38. The van der Waals surface area contributed by atoms with E-state index in [0.29, 0.717) is 30.5 Å². The van der Waals surface area contributed by atoms with Gasteiger partial charge in [0, 0.05) is 38.6 Å². The Morgan fingerprint density at radius 3 is 2.81 bits per heavy atom. The molecule has 0 saturated heterocycles. The third kappa shape index (κ3) is 5.08. The van der Waals surface area contributed by atoms with Gasteiger partial charge in [0.2, 0.25) is 0 Å². The maximum atomic E-state index is 6.29. The number of rotatable bonds is 7. The number of benzene rings is 1. The van der Waals surface area contributed by atoms with Crippen molar-refractivity contribution in [3.8, 4) is 11.5 Å². The Balaban J connectivity index is 1.53. The fraction of sp³-hybridized carbons (Fsp3) is 0.421. The molecule has 1 aromatic carbocycles. The van der Waals surface area contributed by atoms with E-state index in [4.69, 9.17) is 21.1 Å². The van der Waals surface area contributed by atoms with E-state index >= 15 is 0 Å². The number of nitrogens with one attached hydrogen (secondary N) is 2. The van der Waals surface area contributed by atoms with Gasteiger partial charge in [-0.25, -0.2) is 0 Å². The Bertz CT molecular complexity index is 731. The predicted molar refractivity (Wildman–Crippen MR) is 105 cm³/mol. The smallest absolute Gasteiger partial charge is 0.191 e. The first-order chi connectivity index (χ1) is 12.8. The Kier molecular flexibility index (Phi) is 6.66. The fourth-order valence-electron chi connectivity index (χ4n) is 2.77. The SMILES string of the molecule is CCNC(=NCCc1cc(Cl)c2c(c1)OCCO2)NCCn1cccc1. The summed E-state index contributed by atoms with van der Waals surface area (Å²) >= 11 is 6.29. The molecule has 0 unspecified atom stereocenters. The molecular formula is C19H25ClN4O2. The normalized spacial score (nSPS) is 13.5. The third-order valence-electron chi connectivity index (χ3n) is 4.00. The van der Waals surface area contributed by atoms with E-state index < -0.39 is 0 Å². The van der Waals surface area contributed by atoms with Crippen molar-refractivity contribution < 1.29 is 9.47 Å². The van der Waals surface area contributed by atoms with Crippen LogP contribution in [0.5, 0.6) is 11.5 Å². The second kappa shape index (κ2) is 9.38. The highest BCUT2D eigenvalue weighted by Gasteiger charge is 2.16. The van der Waals surface area contributed by atoms with E-state index in [1.165, 1.54) is 0 Å². The minimum Gasteiger partial charge on any atom is -0.486 e. The van der Waals surface area contributed by atoms with Crippen LogP contribution in [0.3, 0.4) is 0 Å². The van der Waals surface area contributed by atoms with E-state index in [0.717, 1.165) is 43.3 Å². The van der Waals surface area contributed by atoms with Crippen LogP contribution in [0.25, 0.3) is 0 Å². The molecule has 2 aromatic rings. The first-order valence-corrected chi connectivity index (χ1v) is 9.35. The number of aromatic nitrogens is 1. The summed E-state index contributed by atoms with van der Waals surface area (Å²) in [6, 6.07) is 7.97. The van der Waals surface area contributed by atoms with Gasteiger partial charge in [0.15, 0.2) is 17.5 Å². The molecule has 0 spiro atoms. The van der Waals surface area contributed by atoms with Crippen molar-refractivity contribution in [3.05, 3.63) is 47.2 Å². The lowest BCUT2D eigenvalue weighted by molar-refractivity contribution is 0.171. The fourth-order valence-corrected chi connectivity index (χ4v) is 3.06. The molecule has 1 aliphatic heterocycles. The molecular weight excluding hydrogens is 352 g/mol. The van der Waals surface area contributed by atoms with Crippen molar-refractivity contribution in [1.82, 2.24) is 15.2 Å². The van der Waals surface area contributed by atoms with Crippen LogP contribution in [0, 0.1) is 0 Å². The van der Waals surface area contributed by atoms with Crippen molar-refractivity contribution in [3.63, 3.8) is 0 Å². The molecule has 0 bridgehead atoms. The van der Waals surface area contributed by atoms with Crippen molar-refractivity contribution >= 4 is 17.6 Å². The summed E-state index contributed by atoms with van der Waals surface area (Å²) in [5.74, 6) is 2.19. The lowest BCUT2D eigenvalue weighted by Gasteiger charge is -2.20. The number of nitrogens with zero attached hydrogens (tertiary/aromatic N) is 2. The van der Waals surface area contributed by atoms with Crippen LogP contribution >= 0.6 is 11.6 Å². The third-order valence-corrected chi connectivity index (χ3v) is 4.28. The first kappa shape index (κ1) is 18.5. The van der Waals surface area contributed by atoms with Crippen molar-refractivity contribution in [2.45, 2.75) is 19.9 Å². The summed E-state index contributed by atoms with van der Waals surface area (Å²) in [6.45, 7) is 6.35. The van der Waals surface area contributed by atoms with Gasteiger partial charge in [0.05, 0.1) is 5.02 Å². The number of ether oxygens (including phenoxy) is 2. The minimum absolute atomic E-state index is 0.539. The molecule has 0 aliphatic carbocycles.